The van der Waals surface area contributed by atoms with Crippen LogP contribution in [0.1, 0.15) is 29.6 Å². The van der Waals surface area contributed by atoms with Gasteiger partial charge in [0.15, 0.2) is 5.16 Å². The van der Waals surface area contributed by atoms with Crippen molar-refractivity contribution in [2.75, 3.05) is 0 Å². The molecule has 1 aromatic carbocycles. The third-order valence-electron chi connectivity index (χ3n) is 5.10. The Balaban J connectivity index is 1.37. The standard InChI is InChI=1S/C22H17N5S3/c1-2-5-14(6-3-1)18-12-17-20(29-18)23-13-24-21(17)30-22-26-25-19(27(22)15-8-9-15)11-16-7-4-10-28-16/h1-7,10,12-13,15H,8-9,11H2. The van der Waals surface area contributed by atoms with E-state index in [1.807, 2.05) is 6.07 Å². The van der Waals surface area contributed by atoms with Crippen LogP contribution < -0.4 is 0 Å². The highest BCUT2D eigenvalue weighted by Crippen LogP contribution is 2.42. The summed E-state index contributed by atoms with van der Waals surface area (Å²) in [4.78, 5) is 12.6. The number of hydrogen-bond donors (Lipinski definition) is 0. The first-order valence-electron chi connectivity index (χ1n) is 9.79. The van der Waals surface area contributed by atoms with Crippen LogP contribution in [-0.4, -0.2) is 24.7 Å². The first-order chi connectivity index (χ1) is 14.8. The van der Waals surface area contributed by atoms with Crippen LogP contribution in [-0.2, 0) is 6.42 Å². The molecule has 0 N–H and O–H groups in total. The lowest BCUT2D eigenvalue weighted by Crippen LogP contribution is -2.03. The number of fused-ring (bicyclic) bond motifs is 1. The summed E-state index contributed by atoms with van der Waals surface area (Å²) in [6, 6.07) is 17.4. The van der Waals surface area contributed by atoms with Crippen molar-refractivity contribution in [1.82, 2.24) is 24.7 Å². The topological polar surface area (TPSA) is 56.5 Å². The molecule has 0 radical (unpaired) electrons. The minimum atomic E-state index is 0.511. The van der Waals surface area contributed by atoms with E-state index in [4.69, 9.17) is 0 Å². The maximum Gasteiger partial charge on any atom is 0.197 e. The van der Waals surface area contributed by atoms with Gasteiger partial charge in [-0.15, -0.1) is 32.9 Å². The average Bonchev–Trinajstić information content (AvgIpc) is 3.17. The van der Waals surface area contributed by atoms with Crippen molar-refractivity contribution in [2.24, 2.45) is 0 Å². The van der Waals surface area contributed by atoms with Gasteiger partial charge in [-0.25, -0.2) is 9.97 Å². The number of rotatable bonds is 6. The molecule has 5 aromatic rings. The van der Waals surface area contributed by atoms with E-state index in [-0.39, 0.29) is 0 Å². The Morgan fingerprint density at radius 1 is 1.03 bits per heavy atom. The van der Waals surface area contributed by atoms with Gasteiger partial charge in [0, 0.05) is 27.6 Å². The second-order valence-corrected chi connectivity index (χ2v) is 10.3. The molecule has 1 aliphatic carbocycles. The molecule has 0 saturated heterocycles. The summed E-state index contributed by atoms with van der Waals surface area (Å²) < 4.78 is 2.32. The molecule has 0 aliphatic heterocycles. The monoisotopic (exact) mass is 447 g/mol. The highest BCUT2D eigenvalue weighted by Gasteiger charge is 2.30. The Labute approximate surface area is 185 Å². The highest BCUT2D eigenvalue weighted by atomic mass is 32.2. The molecule has 6 rings (SSSR count). The normalized spacial score (nSPS) is 13.9. The van der Waals surface area contributed by atoms with E-state index in [2.05, 4.69) is 72.6 Å². The summed E-state index contributed by atoms with van der Waals surface area (Å²) in [5, 5.41) is 14.1. The first kappa shape index (κ1) is 18.2. The van der Waals surface area contributed by atoms with E-state index in [9.17, 15) is 0 Å². The fourth-order valence-electron chi connectivity index (χ4n) is 3.51. The van der Waals surface area contributed by atoms with Crippen molar-refractivity contribution in [3.63, 3.8) is 0 Å². The fraction of sp³-hybridized carbons (Fsp3) is 0.182. The van der Waals surface area contributed by atoms with Crippen LogP contribution in [0, 0.1) is 0 Å². The lowest BCUT2D eigenvalue weighted by atomic mass is 10.2. The maximum absolute atomic E-state index is 4.59. The smallest absolute Gasteiger partial charge is 0.197 e. The summed E-state index contributed by atoms with van der Waals surface area (Å²) in [6.07, 6.45) is 4.87. The molecule has 1 saturated carbocycles. The van der Waals surface area contributed by atoms with Crippen molar-refractivity contribution in [2.45, 2.75) is 35.5 Å². The van der Waals surface area contributed by atoms with Crippen LogP contribution in [0.4, 0.5) is 0 Å². The number of hydrogen-bond acceptors (Lipinski definition) is 7. The second kappa shape index (κ2) is 7.61. The molecule has 0 unspecified atom stereocenters. The van der Waals surface area contributed by atoms with Crippen molar-refractivity contribution in [3.05, 3.63) is 70.9 Å². The minimum absolute atomic E-state index is 0.511. The van der Waals surface area contributed by atoms with Gasteiger partial charge in [0.2, 0.25) is 0 Å². The van der Waals surface area contributed by atoms with E-state index < -0.39 is 0 Å². The molecule has 1 fully saturated rings. The molecular weight excluding hydrogens is 430 g/mol. The quantitative estimate of drug-likeness (QED) is 0.295. The SMILES string of the molecule is c1ccc(-c2cc3c(Sc4nnc(Cc5cccs5)n4C4CC4)ncnc3s2)cc1. The number of thiophene rings is 2. The zero-order valence-electron chi connectivity index (χ0n) is 15.9. The van der Waals surface area contributed by atoms with E-state index in [0.717, 1.165) is 32.6 Å². The predicted molar refractivity (Wildman–Crippen MR) is 122 cm³/mol. The van der Waals surface area contributed by atoms with Crippen molar-refractivity contribution < 1.29 is 0 Å². The van der Waals surface area contributed by atoms with Gasteiger partial charge in [0.25, 0.3) is 0 Å². The molecule has 0 atom stereocenters. The van der Waals surface area contributed by atoms with E-state index in [1.165, 1.54) is 28.2 Å². The minimum Gasteiger partial charge on any atom is -0.302 e. The Kier molecular flexibility index (Phi) is 4.63. The molecule has 0 amide bonds. The fourth-order valence-corrected chi connectivity index (χ4v) is 6.26. The Morgan fingerprint density at radius 2 is 1.93 bits per heavy atom. The van der Waals surface area contributed by atoms with Gasteiger partial charge in [-0.3, -0.25) is 0 Å². The van der Waals surface area contributed by atoms with Gasteiger partial charge < -0.3 is 4.57 Å². The summed E-state index contributed by atoms with van der Waals surface area (Å²) in [5.74, 6) is 1.04. The van der Waals surface area contributed by atoms with E-state index in [0.29, 0.717) is 6.04 Å². The van der Waals surface area contributed by atoms with Crippen LogP contribution in [0.25, 0.3) is 20.7 Å². The lowest BCUT2D eigenvalue weighted by Gasteiger charge is -2.08. The van der Waals surface area contributed by atoms with Crippen LogP contribution in [0.15, 0.2) is 70.4 Å². The van der Waals surface area contributed by atoms with Crippen molar-refractivity contribution in [3.8, 4) is 10.4 Å². The molecule has 0 spiro atoms. The molecular formula is C22H17N5S3. The number of aromatic nitrogens is 5. The molecule has 8 heteroatoms. The average molecular weight is 448 g/mol. The van der Waals surface area contributed by atoms with E-state index >= 15 is 0 Å². The molecule has 148 valence electrons. The number of benzene rings is 1. The van der Waals surface area contributed by atoms with Crippen molar-refractivity contribution >= 4 is 44.7 Å². The largest absolute Gasteiger partial charge is 0.302 e. The highest BCUT2D eigenvalue weighted by molar-refractivity contribution is 7.99. The molecule has 5 nitrogen and oxygen atoms in total. The molecule has 0 bridgehead atoms. The predicted octanol–water partition coefficient (Wildman–Crippen LogP) is 6.09. The molecule has 4 aromatic heterocycles. The number of nitrogens with zero attached hydrogens (tertiary/aromatic N) is 5. The molecule has 1 aliphatic rings. The zero-order chi connectivity index (χ0) is 19.9. The summed E-state index contributed by atoms with van der Waals surface area (Å²) >= 11 is 5.07. The van der Waals surface area contributed by atoms with Gasteiger partial charge in [0.1, 0.15) is 22.0 Å². The maximum atomic E-state index is 4.59. The van der Waals surface area contributed by atoms with Crippen LogP contribution in [0.3, 0.4) is 0 Å². The lowest BCUT2D eigenvalue weighted by molar-refractivity contribution is 0.635. The van der Waals surface area contributed by atoms with Crippen LogP contribution in [0.2, 0.25) is 0 Å². The second-order valence-electron chi connectivity index (χ2n) is 7.23. The molecule has 30 heavy (non-hydrogen) atoms. The third kappa shape index (κ3) is 3.45. The van der Waals surface area contributed by atoms with Crippen LogP contribution >= 0.6 is 34.4 Å². The van der Waals surface area contributed by atoms with Gasteiger partial charge in [-0.05, 0) is 47.7 Å². The Morgan fingerprint density at radius 3 is 2.73 bits per heavy atom. The van der Waals surface area contributed by atoms with Gasteiger partial charge in [-0.2, -0.15) is 0 Å². The Hall–Kier alpha value is -2.55. The molecule has 4 heterocycles. The van der Waals surface area contributed by atoms with E-state index in [1.54, 1.807) is 40.8 Å². The van der Waals surface area contributed by atoms with Gasteiger partial charge in [-0.1, -0.05) is 36.4 Å². The van der Waals surface area contributed by atoms with Crippen molar-refractivity contribution in [1.29, 1.82) is 0 Å². The van der Waals surface area contributed by atoms with Gasteiger partial charge >= 0.3 is 0 Å². The summed E-state index contributed by atoms with van der Waals surface area (Å²) in [6.45, 7) is 0. The van der Waals surface area contributed by atoms with Crippen LogP contribution in [0.5, 0.6) is 0 Å². The summed E-state index contributed by atoms with van der Waals surface area (Å²) in [7, 11) is 0. The van der Waals surface area contributed by atoms with Gasteiger partial charge in [0.05, 0.1) is 0 Å². The Bertz CT molecular complexity index is 1300. The third-order valence-corrected chi connectivity index (χ3v) is 8.05. The zero-order valence-corrected chi connectivity index (χ0v) is 18.4. The summed E-state index contributed by atoms with van der Waals surface area (Å²) in [5.41, 5.74) is 1.20. The first-order valence-corrected chi connectivity index (χ1v) is 12.3.